The first-order chi connectivity index (χ1) is 12.6. The summed E-state index contributed by atoms with van der Waals surface area (Å²) in [4.78, 5) is 10.9. The third kappa shape index (κ3) is 3.68. The van der Waals surface area contributed by atoms with Crippen LogP contribution in [-0.4, -0.2) is 26.0 Å². The Morgan fingerprint density at radius 1 is 1.37 bits per heavy atom. The molecular formula is C16H12F4N2O4S. The number of nitrogens with zero attached hydrogens (tertiary/aromatic N) is 2. The number of halogens is 4. The Bertz CT molecular complexity index is 1030. The van der Waals surface area contributed by atoms with Gasteiger partial charge < -0.3 is 14.9 Å². The quantitative estimate of drug-likeness (QED) is 0.634. The fourth-order valence-electron chi connectivity index (χ4n) is 2.54. The van der Waals surface area contributed by atoms with Crippen molar-refractivity contribution in [3.8, 4) is 11.5 Å². The van der Waals surface area contributed by atoms with Gasteiger partial charge in [0.2, 0.25) is 0 Å². The van der Waals surface area contributed by atoms with Crippen LogP contribution in [0.15, 0.2) is 17.5 Å². The highest BCUT2D eigenvalue weighted by molar-refractivity contribution is 7.17. The van der Waals surface area contributed by atoms with Gasteiger partial charge in [-0.3, -0.25) is 9.48 Å². The molecule has 0 amide bonds. The van der Waals surface area contributed by atoms with E-state index in [4.69, 9.17) is 9.84 Å². The van der Waals surface area contributed by atoms with Crippen LogP contribution < -0.4 is 4.74 Å². The van der Waals surface area contributed by atoms with Crippen molar-refractivity contribution >= 4 is 27.4 Å². The lowest BCUT2D eigenvalue weighted by Crippen LogP contribution is -2.06. The van der Waals surface area contributed by atoms with Crippen molar-refractivity contribution in [2.75, 3.05) is 0 Å². The standard InChI is InChI=1S/C16H12F4N2O4S/c1-22-8(3-11(21-22)16(18,19)20)5-26-10-4-9(23)13-7(2-12(24)25)6-27-15(13)14(10)17/h3-4,6,23H,2,5H2,1H3,(H,24,25). The summed E-state index contributed by atoms with van der Waals surface area (Å²) >= 11 is 0.899. The van der Waals surface area contributed by atoms with E-state index in [0.717, 1.165) is 28.2 Å². The number of hydrogen-bond acceptors (Lipinski definition) is 5. The average Bonchev–Trinajstić information content (AvgIpc) is 3.13. The molecular weight excluding hydrogens is 392 g/mol. The first kappa shape index (κ1) is 19.0. The summed E-state index contributed by atoms with van der Waals surface area (Å²) in [6.45, 7) is -0.408. The summed E-state index contributed by atoms with van der Waals surface area (Å²) in [6.07, 6.45) is -5.00. The number of phenols is 1. The first-order valence-electron chi connectivity index (χ1n) is 7.44. The number of benzene rings is 1. The van der Waals surface area contributed by atoms with Gasteiger partial charge in [0.25, 0.3) is 0 Å². The van der Waals surface area contributed by atoms with E-state index in [-0.39, 0.29) is 39.3 Å². The van der Waals surface area contributed by atoms with Gasteiger partial charge in [-0.15, -0.1) is 11.3 Å². The second-order valence-corrected chi connectivity index (χ2v) is 6.55. The summed E-state index contributed by atoms with van der Waals surface area (Å²) < 4.78 is 58.9. The molecule has 3 aromatic rings. The van der Waals surface area contributed by atoms with Crippen LogP contribution in [-0.2, 0) is 31.0 Å². The highest BCUT2D eigenvalue weighted by atomic mass is 32.1. The van der Waals surface area contributed by atoms with Gasteiger partial charge in [-0.2, -0.15) is 18.3 Å². The average molecular weight is 404 g/mol. The predicted molar refractivity (Wildman–Crippen MR) is 87.3 cm³/mol. The summed E-state index contributed by atoms with van der Waals surface area (Å²) in [5.74, 6) is -2.70. The fourth-order valence-corrected chi connectivity index (χ4v) is 3.56. The van der Waals surface area contributed by atoms with Crippen LogP contribution in [0.3, 0.4) is 0 Å². The third-order valence-electron chi connectivity index (χ3n) is 3.79. The van der Waals surface area contributed by atoms with Gasteiger partial charge in [-0.05, 0) is 17.0 Å². The number of aryl methyl sites for hydroxylation is 1. The molecule has 0 spiro atoms. The molecule has 0 fully saturated rings. The lowest BCUT2D eigenvalue weighted by atomic mass is 10.1. The van der Waals surface area contributed by atoms with Gasteiger partial charge >= 0.3 is 12.1 Å². The highest BCUT2D eigenvalue weighted by Gasteiger charge is 2.34. The van der Waals surface area contributed by atoms with Crippen LogP contribution in [0.2, 0.25) is 0 Å². The second-order valence-electron chi connectivity index (χ2n) is 5.67. The number of carbonyl (C=O) groups is 1. The smallest absolute Gasteiger partial charge is 0.435 e. The SMILES string of the molecule is Cn1nc(C(F)(F)F)cc1COc1cc(O)c2c(CC(=O)O)csc2c1F. The van der Waals surface area contributed by atoms with Gasteiger partial charge in [-0.25, -0.2) is 4.39 Å². The summed E-state index contributed by atoms with van der Waals surface area (Å²) in [5.41, 5.74) is -0.787. The van der Waals surface area contributed by atoms with Crippen LogP contribution in [0.1, 0.15) is 17.0 Å². The van der Waals surface area contributed by atoms with E-state index in [1.165, 1.54) is 12.4 Å². The molecule has 2 heterocycles. The van der Waals surface area contributed by atoms with Crippen LogP contribution in [0.4, 0.5) is 17.6 Å². The van der Waals surface area contributed by atoms with E-state index in [1.807, 2.05) is 0 Å². The van der Waals surface area contributed by atoms with E-state index < -0.39 is 30.3 Å². The minimum atomic E-state index is -4.62. The maximum Gasteiger partial charge on any atom is 0.435 e. The Morgan fingerprint density at radius 2 is 2.07 bits per heavy atom. The van der Waals surface area contributed by atoms with Crippen molar-refractivity contribution in [2.45, 2.75) is 19.2 Å². The molecule has 2 N–H and O–H groups in total. The molecule has 0 aliphatic carbocycles. The van der Waals surface area contributed by atoms with Crippen LogP contribution >= 0.6 is 11.3 Å². The van der Waals surface area contributed by atoms with Crippen molar-refractivity contribution in [1.82, 2.24) is 9.78 Å². The number of alkyl halides is 3. The fraction of sp³-hybridized carbons (Fsp3) is 0.250. The van der Waals surface area contributed by atoms with Gasteiger partial charge in [0.05, 0.1) is 16.8 Å². The number of carboxylic acids is 1. The molecule has 1 aromatic carbocycles. The van der Waals surface area contributed by atoms with Crippen molar-refractivity contribution < 1.29 is 37.3 Å². The molecule has 0 saturated heterocycles. The number of aliphatic carboxylic acids is 1. The zero-order valence-electron chi connectivity index (χ0n) is 13.7. The van der Waals surface area contributed by atoms with E-state index >= 15 is 0 Å². The number of aromatic nitrogens is 2. The van der Waals surface area contributed by atoms with Crippen molar-refractivity contribution in [3.05, 3.63) is 40.3 Å². The van der Waals surface area contributed by atoms with Gasteiger partial charge in [-0.1, -0.05) is 0 Å². The largest absolute Gasteiger partial charge is 0.507 e. The van der Waals surface area contributed by atoms with Crippen molar-refractivity contribution in [2.24, 2.45) is 7.05 Å². The van der Waals surface area contributed by atoms with Crippen LogP contribution in [0.25, 0.3) is 10.1 Å². The minimum Gasteiger partial charge on any atom is -0.507 e. The number of aromatic hydroxyl groups is 1. The van der Waals surface area contributed by atoms with Crippen molar-refractivity contribution in [3.63, 3.8) is 0 Å². The molecule has 27 heavy (non-hydrogen) atoms. The molecule has 3 rings (SSSR count). The van der Waals surface area contributed by atoms with Crippen LogP contribution in [0, 0.1) is 5.82 Å². The summed E-state index contributed by atoms with van der Waals surface area (Å²) in [5, 5.41) is 23.8. The third-order valence-corrected chi connectivity index (χ3v) is 4.81. The molecule has 0 aliphatic rings. The normalized spacial score (nSPS) is 11.9. The number of carboxylic acid groups (broad SMARTS) is 1. The Balaban J connectivity index is 1.89. The Morgan fingerprint density at radius 3 is 2.67 bits per heavy atom. The number of rotatable bonds is 5. The zero-order valence-corrected chi connectivity index (χ0v) is 14.5. The molecule has 0 saturated carbocycles. The lowest BCUT2D eigenvalue weighted by molar-refractivity contribution is -0.141. The molecule has 6 nitrogen and oxygen atoms in total. The van der Waals surface area contributed by atoms with Gasteiger partial charge in [0.1, 0.15) is 12.4 Å². The Labute approximate surface area is 153 Å². The monoisotopic (exact) mass is 404 g/mol. The molecule has 0 bridgehead atoms. The van der Waals surface area contributed by atoms with E-state index in [0.29, 0.717) is 0 Å². The molecule has 144 valence electrons. The minimum absolute atomic E-state index is 0.00207. The summed E-state index contributed by atoms with van der Waals surface area (Å²) in [7, 11) is 1.29. The van der Waals surface area contributed by atoms with Crippen LogP contribution in [0.5, 0.6) is 11.5 Å². The van der Waals surface area contributed by atoms with E-state index in [2.05, 4.69) is 5.10 Å². The molecule has 2 aromatic heterocycles. The summed E-state index contributed by atoms with van der Waals surface area (Å²) in [6, 6.07) is 1.75. The topological polar surface area (TPSA) is 84.6 Å². The maximum absolute atomic E-state index is 14.6. The molecule has 0 radical (unpaired) electrons. The number of ether oxygens (including phenoxy) is 1. The van der Waals surface area contributed by atoms with Gasteiger partial charge in [0, 0.05) is 18.5 Å². The van der Waals surface area contributed by atoms with Gasteiger partial charge in [0.15, 0.2) is 17.3 Å². The lowest BCUT2D eigenvalue weighted by Gasteiger charge is -2.09. The zero-order chi connectivity index (χ0) is 19.9. The number of fused-ring (bicyclic) bond motifs is 1. The first-order valence-corrected chi connectivity index (χ1v) is 8.32. The Kier molecular flexibility index (Phi) is 4.72. The molecule has 0 unspecified atom stereocenters. The Hall–Kier alpha value is -2.82. The highest BCUT2D eigenvalue weighted by Crippen LogP contribution is 2.40. The number of thiophene rings is 1. The molecule has 0 aliphatic heterocycles. The van der Waals surface area contributed by atoms with Crippen molar-refractivity contribution in [1.29, 1.82) is 0 Å². The molecule has 0 atom stereocenters. The predicted octanol–water partition coefficient (Wildman–Crippen LogP) is 3.70. The molecule has 11 heteroatoms. The maximum atomic E-state index is 14.6. The number of phenolic OH excluding ortho intramolecular Hbond substituents is 1. The van der Waals surface area contributed by atoms with E-state index in [1.54, 1.807) is 0 Å². The number of hydrogen-bond donors (Lipinski definition) is 2. The van der Waals surface area contributed by atoms with E-state index in [9.17, 15) is 27.5 Å². The second kappa shape index (κ2) is 6.72.